The number of rotatable bonds is 5. The second-order valence-electron chi connectivity index (χ2n) is 4.77. The van der Waals surface area contributed by atoms with Crippen LogP contribution in [-0.4, -0.2) is 36.9 Å². The van der Waals surface area contributed by atoms with Crippen molar-refractivity contribution in [2.75, 3.05) is 21.2 Å². The molecule has 0 aliphatic carbocycles. The van der Waals surface area contributed by atoms with E-state index in [2.05, 4.69) is 4.98 Å². The zero-order valence-corrected chi connectivity index (χ0v) is 12.4. The van der Waals surface area contributed by atoms with Crippen molar-refractivity contribution in [3.63, 3.8) is 0 Å². The number of benzene rings is 1. The van der Waals surface area contributed by atoms with E-state index >= 15 is 0 Å². The van der Waals surface area contributed by atoms with Crippen LogP contribution in [0.1, 0.15) is 10.4 Å². The van der Waals surface area contributed by atoms with Crippen LogP contribution >= 0.6 is 0 Å². The highest BCUT2D eigenvalue weighted by molar-refractivity contribution is 6.09. The molecule has 0 radical (unpaired) electrons. The van der Waals surface area contributed by atoms with Gasteiger partial charge in [0.05, 0.1) is 7.11 Å². The van der Waals surface area contributed by atoms with E-state index in [1.165, 1.54) is 6.08 Å². The molecule has 0 aliphatic rings. The van der Waals surface area contributed by atoms with Gasteiger partial charge in [0.25, 0.3) is 0 Å². The molecule has 1 aromatic heterocycles. The van der Waals surface area contributed by atoms with Crippen LogP contribution < -0.4 is 4.74 Å². The van der Waals surface area contributed by atoms with Gasteiger partial charge in [0, 0.05) is 49.9 Å². The molecule has 0 amide bonds. The highest BCUT2D eigenvalue weighted by Crippen LogP contribution is 2.31. The number of hydrogen-bond donors (Lipinski definition) is 0. The fourth-order valence-electron chi connectivity index (χ4n) is 2.00. The maximum absolute atomic E-state index is 12.3. The molecule has 4 heteroatoms. The lowest BCUT2D eigenvalue weighted by Crippen LogP contribution is -2.04. The number of carbonyl (C=O) groups excluding carboxylic acids is 1. The number of carbonyl (C=O) groups is 1. The van der Waals surface area contributed by atoms with E-state index in [-0.39, 0.29) is 5.78 Å². The molecule has 1 aromatic carbocycles. The van der Waals surface area contributed by atoms with Crippen molar-refractivity contribution in [2.24, 2.45) is 0 Å². The summed E-state index contributed by atoms with van der Waals surface area (Å²) in [6.45, 7) is 0. The summed E-state index contributed by atoms with van der Waals surface area (Å²) < 4.78 is 5.37. The highest BCUT2D eigenvalue weighted by Gasteiger charge is 2.13. The summed E-state index contributed by atoms with van der Waals surface area (Å²) in [6.07, 6.45) is 6.52. The first-order chi connectivity index (χ1) is 10.1. The van der Waals surface area contributed by atoms with Gasteiger partial charge < -0.3 is 9.64 Å². The van der Waals surface area contributed by atoms with Gasteiger partial charge in [-0.05, 0) is 17.7 Å². The first kappa shape index (κ1) is 14.8. The third-order valence-corrected chi connectivity index (χ3v) is 3.01. The lowest BCUT2D eigenvalue weighted by molar-refractivity contribution is 0.104. The van der Waals surface area contributed by atoms with E-state index in [1.54, 1.807) is 25.7 Å². The molecule has 2 aromatic rings. The Balaban J connectivity index is 2.49. The largest absolute Gasteiger partial charge is 0.496 e. The van der Waals surface area contributed by atoms with Crippen LogP contribution in [0.4, 0.5) is 0 Å². The Labute approximate surface area is 124 Å². The minimum Gasteiger partial charge on any atom is -0.496 e. The Bertz CT molecular complexity index is 663. The van der Waals surface area contributed by atoms with E-state index in [4.69, 9.17) is 4.74 Å². The SMILES string of the molecule is COc1ccccc1-c1ccncc1C(=O)C=CN(C)C. The maximum atomic E-state index is 12.3. The van der Waals surface area contributed by atoms with Crippen LogP contribution in [0.25, 0.3) is 11.1 Å². The van der Waals surface area contributed by atoms with E-state index < -0.39 is 0 Å². The summed E-state index contributed by atoms with van der Waals surface area (Å²) in [5, 5.41) is 0. The van der Waals surface area contributed by atoms with Gasteiger partial charge in [-0.2, -0.15) is 0 Å². The molecule has 21 heavy (non-hydrogen) atoms. The number of ketones is 1. The quantitative estimate of drug-likeness (QED) is 0.624. The van der Waals surface area contributed by atoms with Crippen molar-refractivity contribution in [3.8, 4) is 16.9 Å². The van der Waals surface area contributed by atoms with Crippen molar-refractivity contribution in [1.82, 2.24) is 9.88 Å². The number of hydrogen-bond acceptors (Lipinski definition) is 4. The van der Waals surface area contributed by atoms with Crippen LogP contribution in [0.3, 0.4) is 0 Å². The highest BCUT2D eigenvalue weighted by atomic mass is 16.5. The van der Waals surface area contributed by atoms with Gasteiger partial charge in [-0.1, -0.05) is 18.2 Å². The average Bonchev–Trinajstić information content (AvgIpc) is 2.52. The maximum Gasteiger partial charge on any atom is 0.189 e. The molecule has 0 aliphatic heterocycles. The summed E-state index contributed by atoms with van der Waals surface area (Å²) in [6, 6.07) is 9.45. The normalized spacial score (nSPS) is 10.6. The van der Waals surface area contributed by atoms with Crippen LogP contribution in [-0.2, 0) is 0 Å². The lowest BCUT2D eigenvalue weighted by Gasteiger charge is -2.11. The van der Waals surface area contributed by atoms with E-state index in [0.717, 1.165) is 16.9 Å². The molecular formula is C17H18N2O2. The number of ether oxygens (including phenoxy) is 1. The van der Waals surface area contributed by atoms with Crippen LogP contribution in [0.2, 0.25) is 0 Å². The Kier molecular flexibility index (Phi) is 4.72. The molecule has 0 unspecified atom stereocenters. The second-order valence-corrected chi connectivity index (χ2v) is 4.77. The predicted molar refractivity (Wildman–Crippen MR) is 83.4 cm³/mol. The number of nitrogens with zero attached hydrogens (tertiary/aromatic N) is 2. The van der Waals surface area contributed by atoms with E-state index in [0.29, 0.717) is 5.56 Å². The molecule has 0 N–H and O–H groups in total. The minimum absolute atomic E-state index is 0.0855. The van der Waals surface area contributed by atoms with Crippen LogP contribution in [0, 0.1) is 0 Å². The van der Waals surface area contributed by atoms with Gasteiger partial charge in [0.15, 0.2) is 5.78 Å². The van der Waals surface area contributed by atoms with Crippen LogP contribution in [0.15, 0.2) is 55.0 Å². The van der Waals surface area contributed by atoms with E-state index in [1.807, 2.05) is 49.3 Å². The Morgan fingerprint density at radius 2 is 1.95 bits per heavy atom. The van der Waals surface area contributed by atoms with Crippen molar-refractivity contribution in [3.05, 3.63) is 60.6 Å². The Morgan fingerprint density at radius 3 is 2.67 bits per heavy atom. The fourth-order valence-corrected chi connectivity index (χ4v) is 2.00. The summed E-state index contributed by atoms with van der Waals surface area (Å²) in [5.41, 5.74) is 2.25. The Hall–Kier alpha value is -2.62. The molecular weight excluding hydrogens is 264 g/mol. The van der Waals surface area contributed by atoms with Gasteiger partial charge in [-0.15, -0.1) is 0 Å². The third kappa shape index (κ3) is 3.48. The molecule has 0 saturated carbocycles. The van der Waals surface area contributed by atoms with Crippen molar-refractivity contribution in [1.29, 1.82) is 0 Å². The number of allylic oxidation sites excluding steroid dienone is 1. The number of aromatic nitrogens is 1. The van der Waals surface area contributed by atoms with Gasteiger partial charge in [0.1, 0.15) is 5.75 Å². The van der Waals surface area contributed by atoms with E-state index in [9.17, 15) is 4.79 Å². The predicted octanol–water partition coefficient (Wildman–Crippen LogP) is 3.02. The molecule has 2 rings (SSSR count). The van der Waals surface area contributed by atoms with Crippen LogP contribution in [0.5, 0.6) is 5.75 Å². The molecule has 0 atom stereocenters. The molecule has 0 bridgehead atoms. The monoisotopic (exact) mass is 282 g/mol. The Morgan fingerprint density at radius 1 is 1.19 bits per heavy atom. The minimum atomic E-state index is -0.0855. The first-order valence-electron chi connectivity index (χ1n) is 6.60. The molecule has 4 nitrogen and oxygen atoms in total. The van der Waals surface area contributed by atoms with Gasteiger partial charge in [-0.25, -0.2) is 0 Å². The molecule has 0 spiro atoms. The number of methoxy groups -OCH3 is 1. The molecule has 108 valence electrons. The smallest absolute Gasteiger partial charge is 0.189 e. The topological polar surface area (TPSA) is 42.4 Å². The van der Waals surface area contributed by atoms with Gasteiger partial charge in [-0.3, -0.25) is 9.78 Å². The number of pyridine rings is 1. The van der Waals surface area contributed by atoms with Crippen molar-refractivity contribution in [2.45, 2.75) is 0 Å². The summed E-state index contributed by atoms with van der Waals surface area (Å²) >= 11 is 0. The van der Waals surface area contributed by atoms with Crippen molar-refractivity contribution >= 4 is 5.78 Å². The van der Waals surface area contributed by atoms with Gasteiger partial charge in [0.2, 0.25) is 0 Å². The molecule has 0 saturated heterocycles. The van der Waals surface area contributed by atoms with Gasteiger partial charge >= 0.3 is 0 Å². The fraction of sp³-hybridized carbons (Fsp3) is 0.176. The average molecular weight is 282 g/mol. The molecule has 1 heterocycles. The summed E-state index contributed by atoms with van der Waals surface area (Å²) in [5.74, 6) is 0.645. The zero-order chi connectivity index (χ0) is 15.2. The van der Waals surface area contributed by atoms with Crippen molar-refractivity contribution < 1.29 is 9.53 Å². The number of para-hydroxylation sites is 1. The first-order valence-corrected chi connectivity index (χ1v) is 6.60. The standard InChI is InChI=1S/C17H18N2O2/c1-19(2)11-9-16(20)15-12-18-10-8-13(15)14-6-4-5-7-17(14)21-3/h4-12H,1-3H3. The third-order valence-electron chi connectivity index (χ3n) is 3.01. The second kappa shape index (κ2) is 6.70. The zero-order valence-electron chi connectivity index (χ0n) is 12.4. The summed E-state index contributed by atoms with van der Waals surface area (Å²) in [4.78, 5) is 18.2. The molecule has 0 fully saturated rings. The summed E-state index contributed by atoms with van der Waals surface area (Å²) in [7, 11) is 5.36. The lowest BCUT2D eigenvalue weighted by atomic mass is 9.98.